The molecule has 0 bridgehead atoms. The summed E-state index contributed by atoms with van der Waals surface area (Å²) in [6.07, 6.45) is 8.35. The van der Waals surface area contributed by atoms with E-state index in [2.05, 4.69) is 28.2 Å². The largest absolute Gasteiger partial charge is 0.369 e. The first kappa shape index (κ1) is 12.3. The number of rotatable bonds is 3. The molecule has 0 atom stereocenters. The Morgan fingerprint density at radius 3 is 2.75 bits per heavy atom. The van der Waals surface area contributed by atoms with Crippen molar-refractivity contribution in [1.29, 1.82) is 0 Å². The summed E-state index contributed by atoms with van der Waals surface area (Å²) in [5, 5.41) is 0. The Balaban J connectivity index is 2.39. The fourth-order valence-corrected chi connectivity index (χ4v) is 1.24. The van der Waals surface area contributed by atoms with Gasteiger partial charge in [0.2, 0.25) is 5.96 Å². The van der Waals surface area contributed by atoms with E-state index >= 15 is 0 Å². The second kappa shape index (κ2) is 5.95. The molecule has 1 aliphatic rings. The van der Waals surface area contributed by atoms with Gasteiger partial charge in [-0.1, -0.05) is 23.8 Å². The highest BCUT2D eigenvalue weighted by Crippen LogP contribution is 2.12. The van der Waals surface area contributed by atoms with Crippen molar-refractivity contribution in [2.45, 2.75) is 12.8 Å². The van der Waals surface area contributed by atoms with Gasteiger partial charge in [0.1, 0.15) is 0 Å². The lowest BCUT2D eigenvalue weighted by molar-refractivity contribution is 0.615. The molecule has 4 N–H and O–H groups in total. The van der Waals surface area contributed by atoms with E-state index in [-0.39, 0.29) is 5.96 Å². The number of hydrogen-bond acceptors (Lipinski definition) is 1. The second-order valence-corrected chi connectivity index (χ2v) is 3.77. The van der Waals surface area contributed by atoms with Crippen molar-refractivity contribution in [1.82, 2.24) is 4.90 Å². The summed E-state index contributed by atoms with van der Waals surface area (Å²) in [6, 6.07) is 0. The van der Waals surface area contributed by atoms with Gasteiger partial charge in [-0.25, -0.2) is 0 Å². The van der Waals surface area contributed by atoms with Gasteiger partial charge in [-0.15, -0.1) is 0 Å². The van der Waals surface area contributed by atoms with Crippen LogP contribution >= 0.6 is 0 Å². The molecule has 88 valence electrons. The summed E-state index contributed by atoms with van der Waals surface area (Å²) in [4.78, 5) is 9.77. The van der Waals surface area contributed by atoms with E-state index < -0.39 is 0 Å². The molecule has 0 radical (unpaired) electrons. The normalized spacial score (nSPS) is 16.5. The van der Waals surface area contributed by atoms with Crippen LogP contribution in [0.3, 0.4) is 0 Å². The minimum Gasteiger partial charge on any atom is -0.369 e. The van der Waals surface area contributed by atoms with Crippen LogP contribution in [0.2, 0.25) is 0 Å². The third-order valence-electron chi connectivity index (χ3n) is 2.21. The topological polar surface area (TPSA) is 80.0 Å². The molecule has 0 unspecified atom stereocenters. The highest BCUT2D eigenvalue weighted by Gasteiger charge is 1.98. The summed E-state index contributed by atoms with van der Waals surface area (Å²) in [7, 11) is 3.61. The smallest absolute Gasteiger partial charge is 0.218 e. The van der Waals surface area contributed by atoms with Crippen molar-refractivity contribution in [3.05, 3.63) is 23.8 Å². The lowest BCUT2D eigenvalue weighted by Gasteiger charge is -2.09. The molecule has 0 saturated heterocycles. The Morgan fingerprint density at radius 2 is 2.19 bits per heavy atom. The molecular weight excluding hydrogens is 202 g/mol. The molecule has 0 amide bonds. The molecule has 0 saturated carbocycles. The molecular formula is C11H19N5. The van der Waals surface area contributed by atoms with Crippen molar-refractivity contribution in [2.24, 2.45) is 21.5 Å². The Labute approximate surface area is 96.2 Å². The van der Waals surface area contributed by atoms with Gasteiger partial charge in [-0.2, -0.15) is 4.99 Å². The SMILES string of the molecule is CN(C)C(N)=NC(N)=NCCC1=CCC=C1. The molecule has 16 heavy (non-hydrogen) atoms. The van der Waals surface area contributed by atoms with Gasteiger partial charge in [0.15, 0.2) is 5.96 Å². The molecule has 0 aromatic heterocycles. The molecule has 0 fully saturated rings. The molecule has 0 aliphatic heterocycles. The Morgan fingerprint density at radius 1 is 1.44 bits per heavy atom. The first-order valence-corrected chi connectivity index (χ1v) is 5.26. The lowest BCUT2D eigenvalue weighted by atomic mass is 10.2. The summed E-state index contributed by atoms with van der Waals surface area (Å²) in [5.74, 6) is 0.593. The number of guanidine groups is 2. The number of aliphatic imine (C=N–C) groups is 2. The fraction of sp³-hybridized carbons (Fsp3) is 0.455. The van der Waals surface area contributed by atoms with E-state index in [1.165, 1.54) is 5.57 Å². The number of nitrogens with two attached hydrogens (primary N) is 2. The van der Waals surface area contributed by atoms with E-state index in [4.69, 9.17) is 11.5 Å². The summed E-state index contributed by atoms with van der Waals surface area (Å²) >= 11 is 0. The van der Waals surface area contributed by atoms with Crippen molar-refractivity contribution < 1.29 is 0 Å². The van der Waals surface area contributed by atoms with Crippen LogP contribution in [0.5, 0.6) is 0 Å². The Bertz CT molecular complexity index is 349. The third kappa shape index (κ3) is 4.16. The molecule has 0 heterocycles. The van der Waals surface area contributed by atoms with Gasteiger partial charge in [0, 0.05) is 20.6 Å². The highest BCUT2D eigenvalue weighted by atomic mass is 15.2. The van der Waals surface area contributed by atoms with Crippen molar-refractivity contribution >= 4 is 11.9 Å². The van der Waals surface area contributed by atoms with Crippen LogP contribution in [0.15, 0.2) is 33.8 Å². The maximum absolute atomic E-state index is 5.62. The zero-order valence-corrected chi connectivity index (χ0v) is 9.85. The first-order valence-electron chi connectivity index (χ1n) is 5.26. The van der Waals surface area contributed by atoms with Gasteiger partial charge in [-0.3, -0.25) is 4.99 Å². The monoisotopic (exact) mass is 221 g/mol. The molecule has 5 heteroatoms. The molecule has 5 nitrogen and oxygen atoms in total. The fourth-order valence-electron chi connectivity index (χ4n) is 1.24. The van der Waals surface area contributed by atoms with Crippen LogP contribution < -0.4 is 11.5 Å². The van der Waals surface area contributed by atoms with E-state index in [0.717, 1.165) is 12.8 Å². The molecule has 0 spiro atoms. The lowest BCUT2D eigenvalue weighted by Crippen LogP contribution is -2.32. The summed E-state index contributed by atoms with van der Waals surface area (Å²) in [6.45, 7) is 0.645. The van der Waals surface area contributed by atoms with E-state index in [1.54, 1.807) is 19.0 Å². The quantitative estimate of drug-likeness (QED) is 0.536. The first-order chi connectivity index (χ1) is 7.59. The highest BCUT2D eigenvalue weighted by molar-refractivity contribution is 5.93. The predicted molar refractivity (Wildman–Crippen MR) is 68.3 cm³/mol. The van der Waals surface area contributed by atoms with Crippen molar-refractivity contribution in [2.75, 3.05) is 20.6 Å². The maximum atomic E-state index is 5.62. The van der Waals surface area contributed by atoms with Crippen molar-refractivity contribution in [3.63, 3.8) is 0 Å². The average molecular weight is 221 g/mol. The van der Waals surface area contributed by atoms with E-state index in [9.17, 15) is 0 Å². The number of allylic oxidation sites excluding steroid dienone is 3. The molecule has 1 rings (SSSR count). The maximum Gasteiger partial charge on any atom is 0.218 e. The van der Waals surface area contributed by atoms with Gasteiger partial charge in [-0.05, 0) is 12.8 Å². The van der Waals surface area contributed by atoms with E-state index in [0.29, 0.717) is 12.5 Å². The predicted octanol–water partition coefficient (Wildman–Crippen LogP) is 0.454. The average Bonchev–Trinajstić information content (AvgIpc) is 2.70. The number of hydrogen-bond donors (Lipinski definition) is 2. The van der Waals surface area contributed by atoms with Crippen molar-refractivity contribution in [3.8, 4) is 0 Å². The van der Waals surface area contributed by atoms with Crippen LogP contribution in [0.4, 0.5) is 0 Å². The number of nitrogens with zero attached hydrogens (tertiary/aromatic N) is 3. The van der Waals surface area contributed by atoms with Gasteiger partial charge >= 0.3 is 0 Å². The summed E-state index contributed by atoms with van der Waals surface area (Å²) in [5.41, 5.74) is 12.5. The minimum atomic E-state index is 0.230. The van der Waals surface area contributed by atoms with Crippen LogP contribution in [0.1, 0.15) is 12.8 Å². The van der Waals surface area contributed by atoms with E-state index in [1.807, 2.05) is 0 Å². The second-order valence-electron chi connectivity index (χ2n) is 3.77. The summed E-state index contributed by atoms with van der Waals surface area (Å²) < 4.78 is 0. The van der Waals surface area contributed by atoms with Crippen LogP contribution in [0, 0.1) is 0 Å². The molecule has 0 aromatic rings. The molecule has 0 aromatic carbocycles. The zero-order valence-electron chi connectivity index (χ0n) is 9.85. The van der Waals surface area contributed by atoms with Crippen LogP contribution in [-0.4, -0.2) is 37.5 Å². The minimum absolute atomic E-state index is 0.230. The molecule has 1 aliphatic carbocycles. The Kier molecular flexibility index (Phi) is 4.57. The van der Waals surface area contributed by atoms with Gasteiger partial charge in [0.25, 0.3) is 0 Å². The third-order valence-corrected chi connectivity index (χ3v) is 2.21. The van der Waals surface area contributed by atoms with Gasteiger partial charge < -0.3 is 16.4 Å². The van der Waals surface area contributed by atoms with Gasteiger partial charge in [0.05, 0.1) is 0 Å². The van der Waals surface area contributed by atoms with Crippen LogP contribution in [-0.2, 0) is 0 Å². The van der Waals surface area contributed by atoms with Crippen LogP contribution in [0.25, 0.3) is 0 Å². The zero-order chi connectivity index (χ0) is 12.0. The Hall–Kier alpha value is -1.78. The standard InChI is InChI=1S/C11H19N5/c1-16(2)11(13)15-10(12)14-8-7-9-5-3-4-6-9/h3,5-6H,4,7-8H2,1-2H3,(H4,12,13,14,15).